The van der Waals surface area contributed by atoms with Crippen molar-refractivity contribution < 1.29 is 13.9 Å². The van der Waals surface area contributed by atoms with Gasteiger partial charge in [-0.2, -0.15) is 0 Å². The van der Waals surface area contributed by atoms with Gasteiger partial charge in [0.15, 0.2) is 0 Å². The standard InChI is InChI=1S/C12H17FN2O2.ClH/c1-17-9-8-14-6-7-15-12(16)10-4-2-3-5-11(10)13;/h2-5,14H,6-9H2,1H3,(H,15,16);1H. The second-order valence-corrected chi connectivity index (χ2v) is 3.48. The highest BCUT2D eigenvalue weighted by Crippen LogP contribution is 2.05. The molecule has 0 spiro atoms. The summed E-state index contributed by atoms with van der Waals surface area (Å²) in [4.78, 5) is 11.6. The zero-order chi connectivity index (χ0) is 12.5. The lowest BCUT2D eigenvalue weighted by Gasteiger charge is -2.07. The van der Waals surface area contributed by atoms with Crippen molar-refractivity contribution in [1.82, 2.24) is 10.6 Å². The molecule has 2 N–H and O–H groups in total. The number of ether oxygens (including phenoxy) is 1. The summed E-state index contributed by atoms with van der Waals surface area (Å²) in [5.41, 5.74) is 0.0735. The maximum Gasteiger partial charge on any atom is 0.254 e. The first-order chi connectivity index (χ1) is 8.25. The normalized spacial score (nSPS) is 9.67. The molecule has 0 aliphatic carbocycles. The van der Waals surface area contributed by atoms with Gasteiger partial charge in [0.05, 0.1) is 12.2 Å². The van der Waals surface area contributed by atoms with E-state index < -0.39 is 11.7 Å². The summed E-state index contributed by atoms with van der Waals surface area (Å²) in [6.45, 7) is 2.44. The lowest BCUT2D eigenvalue weighted by atomic mass is 10.2. The number of amides is 1. The Morgan fingerprint density at radius 1 is 1.28 bits per heavy atom. The van der Waals surface area contributed by atoms with E-state index in [4.69, 9.17) is 4.74 Å². The zero-order valence-corrected chi connectivity index (χ0v) is 11.1. The molecular formula is C12H18ClFN2O2. The molecule has 0 radical (unpaired) electrons. The topological polar surface area (TPSA) is 50.4 Å². The van der Waals surface area contributed by atoms with Crippen molar-refractivity contribution in [2.24, 2.45) is 0 Å². The third kappa shape index (κ3) is 5.95. The van der Waals surface area contributed by atoms with Crippen LogP contribution in [0.15, 0.2) is 24.3 Å². The van der Waals surface area contributed by atoms with Gasteiger partial charge in [-0.05, 0) is 12.1 Å². The highest BCUT2D eigenvalue weighted by atomic mass is 35.5. The van der Waals surface area contributed by atoms with Crippen molar-refractivity contribution in [2.75, 3.05) is 33.4 Å². The molecule has 1 rings (SSSR count). The molecule has 0 bridgehead atoms. The zero-order valence-electron chi connectivity index (χ0n) is 10.2. The van der Waals surface area contributed by atoms with Crippen molar-refractivity contribution in [2.45, 2.75) is 0 Å². The van der Waals surface area contributed by atoms with Crippen LogP contribution in [0, 0.1) is 5.82 Å². The van der Waals surface area contributed by atoms with Gasteiger partial charge in [-0.1, -0.05) is 12.1 Å². The van der Waals surface area contributed by atoms with Crippen LogP contribution in [-0.2, 0) is 4.74 Å². The molecule has 4 nitrogen and oxygen atoms in total. The number of methoxy groups -OCH3 is 1. The molecule has 0 aliphatic rings. The number of benzene rings is 1. The summed E-state index contributed by atoms with van der Waals surface area (Å²) in [7, 11) is 1.63. The number of carbonyl (C=O) groups is 1. The summed E-state index contributed by atoms with van der Waals surface area (Å²) in [6.07, 6.45) is 0. The van der Waals surface area contributed by atoms with Crippen molar-refractivity contribution in [1.29, 1.82) is 0 Å². The highest BCUT2D eigenvalue weighted by molar-refractivity contribution is 5.94. The minimum atomic E-state index is -0.502. The minimum absolute atomic E-state index is 0. The molecule has 0 aliphatic heterocycles. The van der Waals surface area contributed by atoms with Crippen molar-refractivity contribution in [3.05, 3.63) is 35.6 Å². The SMILES string of the molecule is COCCNCCNC(=O)c1ccccc1F.Cl. The maximum absolute atomic E-state index is 13.2. The summed E-state index contributed by atoms with van der Waals surface area (Å²) >= 11 is 0. The fraction of sp³-hybridized carbons (Fsp3) is 0.417. The van der Waals surface area contributed by atoms with Crippen LogP contribution >= 0.6 is 12.4 Å². The first-order valence-electron chi connectivity index (χ1n) is 5.48. The number of halogens is 2. The predicted molar refractivity (Wildman–Crippen MR) is 70.7 cm³/mol. The van der Waals surface area contributed by atoms with Crippen LogP contribution in [-0.4, -0.2) is 39.3 Å². The van der Waals surface area contributed by atoms with Gasteiger partial charge >= 0.3 is 0 Å². The number of hydrogen-bond donors (Lipinski definition) is 2. The van der Waals surface area contributed by atoms with Gasteiger partial charge in [0, 0.05) is 26.7 Å². The Bertz CT molecular complexity index is 364. The monoisotopic (exact) mass is 276 g/mol. The van der Waals surface area contributed by atoms with Gasteiger partial charge in [-0.3, -0.25) is 4.79 Å². The molecule has 0 unspecified atom stereocenters. The Kier molecular flexibility index (Phi) is 9.18. The van der Waals surface area contributed by atoms with Gasteiger partial charge in [0.2, 0.25) is 0 Å². The number of rotatable bonds is 7. The average molecular weight is 277 g/mol. The lowest BCUT2D eigenvalue weighted by Crippen LogP contribution is -2.33. The molecule has 0 heterocycles. The fourth-order valence-electron chi connectivity index (χ4n) is 1.30. The van der Waals surface area contributed by atoms with Gasteiger partial charge in [0.25, 0.3) is 5.91 Å². The molecule has 0 saturated heterocycles. The molecule has 0 saturated carbocycles. The van der Waals surface area contributed by atoms with Gasteiger partial charge in [0.1, 0.15) is 5.82 Å². The Balaban J connectivity index is 0.00000289. The smallest absolute Gasteiger partial charge is 0.254 e. The van der Waals surface area contributed by atoms with E-state index >= 15 is 0 Å². The number of hydrogen-bond acceptors (Lipinski definition) is 3. The van der Waals surface area contributed by atoms with Crippen LogP contribution in [0.4, 0.5) is 4.39 Å². The van der Waals surface area contributed by atoms with Crippen molar-refractivity contribution >= 4 is 18.3 Å². The van der Waals surface area contributed by atoms with E-state index in [9.17, 15) is 9.18 Å². The summed E-state index contributed by atoms with van der Waals surface area (Å²) in [5, 5.41) is 5.71. The Labute approximate surface area is 112 Å². The molecule has 0 fully saturated rings. The first kappa shape index (κ1) is 16.8. The van der Waals surface area contributed by atoms with Crippen LogP contribution in [0.25, 0.3) is 0 Å². The molecule has 18 heavy (non-hydrogen) atoms. The van der Waals surface area contributed by atoms with Crippen molar-refractivity contribution in [3.63, 3.8) is 0 Å². The van der Waals surface area contributed by atoms with Gasteiger partial charge in [-0.25, -0.2) is 4.39 Å². The molecular weight excluding hydrogens is 259 g/mol. The van der Waals surface area contributed by atoms with E-state index in [1.54, 1.807) is 19.2 Å². The van der Waals surface area contributed by atoms with E-state index in [0.29, 0.717) is 19.7 Å². The summed E-state index contributed by atoms with van der Waals surface area (Å²) in [5.74, 6) is -0.894. The summed E-state index contributed by atoms with van der Waals surface area (Å²) < 4.78 is 18.1. The number of nitrogens with one attached hydrogen (secondary N) is 2. The molecule has 6 heteroatoms. The van der Waals surface area contributed by atoms with E-state index in [1.807, 2.05) is 0 Å². The van der Waals surface area contributed by atoms with Crippen molar-refractivity contribution in [3.8, 4) is 0 Å². The van der Waals surface area contributed by atoms with Crippen LogP contribution in [0.1, 0.15) is 10.4 Å². The van der Waals surface area contributed by atoms with E-state index in [-0.39, 0.29) is 18.0 Å². The summed E-state index contributed by atoms with van der Waals surface area (Å²) in [6, 6.07) is 5.92. The number of carbonyl (C=O) groups excluding carboxylic acids is 1. The fourth-order valence-corrected chi connectivity index (χ4v) is 1.30. The lowest BCUT2D eigenvalue weighted by molar-refractivity contribution is 0.0949. The van der Waals surface area contributed by atoms with Crippen LogP contribution in [0.2, 0.25) is 0 Å². The highest BCUT2D eigenvalue weighted by Gasteiger charge is 2.09. The molecule has 1 aromatic rings. The van der Waals surface area contributed by atoms with E-state index in [2.05, 4.69) is 10.6 Å². The Morgan fingerprint density at radius 3 is 2.67 bits per heavy atom. The van der Waals surface area contributed by atoms with Gasteiger partial charge in [-0.15, -0.1) is 12.4 Å². The maximum atomic E-state index is 13.2. The van der Waals surface area contributed by atoms with Crippen LogP contribution in [0.5, 0.6) is 0 Å². The molecule has 1 aromatic carbocycles. The third-order valence-electron chi connectivity index (χ3n) is 2.19. The van der Waals surface area contributed by atoms with Crippen LogP contribution in [0.3, 0.4) is 0 Å². The first-order valence-corrected chi connectivity index (χ1v) is 5.48. The van der Waals surface area contributed by atoms with Crippen LogP contribution < -0.4 is 10.6 Å². The average Bonchev–Trinajstić information content (AvgIpc) is 2.34. The Morgan fingerprint density at radius 2 is 2.00 bits per heavy atom. The Hall–Kier alpha value is -1.17. The second-order valence-electron chi connectivity index (χ2n) is 3.48. The second kappa shape index (κ2) is 9.82. The van der Waals surface area contributed by atoms with E-state index in [1.165, 1.54) is 12.1 Å². The van der Waals surface area contributed by atoms with E-state index in [0.717, 1.165) is 6.54 Å². The van der Waals surface area contributed by atoms with Gasteiger partial charge < -0.3 is 15.4 Å². The quantitative estimate of drug-likeness (QED) is 0.736. The predicted octanol–water partition coefficient (Wildman–Crippen LogP) is 1.21. The third-order valence-corrected chi connectivity index (χ3v) is 2.19. The minimum Gasteiger partial charge on any atom is -0.383 e. The molecule has 102 valence electrons. The molecule has 0 atom stereocenters. The largest absolute Gasteiger partial charge is 0.383 e. The molecule has 1 amide bonds. The molecule has 0 aromatic heterocycles.